The van der Waals surface area contributed by atoms with Crippen LogP contribution in [0.2, 0.25) is 0 Å². The van der Waals surface area contributed by atoms with Crippen LogP contribution in [-0.2, 0) is 14.3 Å². The summed E-state index contributed by atoms with van der Waals surface area (Å²) in [6, 6.07) is 2.78. The number of unbranched alkanes of at least 4 members (excludes halogenated alkanes) is 1. The molecule has 2 saturated heterocycles. The molecule has 0 aromatic carbocycles. The lowest BCUT2D eigenvalue weighted by molar-refractivity contribution is -0.120. The van der Waals surface area contributed by atoms with Crippen molar-refractivity contribution in [3.8, 4) is 0 Å². The largest absolute Gasteiger partial charge is 0.449 e. The third-order valence-corrected chi connectivity index (χ3v) is 5.77. The van der Waals surface area contributed by atoms with Crippen molar-refractivity contribution in [3.63, 3.8) is 0 Å². The third-order valence-electron chi connectivity index (χ3n) is 5.77. The van der Waals surface area contributed by atoms with Gasteiger partial charge in [-0.2, -0.15) is 0 Å². The molecule has 33 heavy (non-hydrogen) atoms. The molecule has 2 N–H and O–H groups in total. The zero-order valence-electron chi connectivity index (χ0n) is 19.4. The quantitative estimate of drug-likeness (QED) is 0.595. The molecule has 0 aliphatic carbocycles. The number of anilines is 2. The highest BCUT2D eigenvalue weighted by Crippen LogP contribution is 2.19. The number of amides is 5. The summed E-state index contributed by atoms with van der Waals surface area (Å²) in [5.41, 5.74) is 0.510. The van der Waals surface area contributed by atoms with Gasteiger partial charge in [0.15, 0.2) is 0 Å². The topological polar surface area (TPSA) is 124 Å². The van der Waals surface area contributed by atoms with Crippen LogP contribution in [-0.4, -0.2) is 83.6 Å². The molecule has 1 aromatic heterocycles. The van der Waals surface area contributed by atoms with Crippen LogP contribution in [0.4, 0.5) is 21.1 Å². The van der Waals surface area contributed by atoms with E-state index in [0.29, 0.717) is 31.2 Å². The van der Waals surface area contributed by atoms with Crippen molar-refractivity contribution in [2.45, 2.75) is 52.1 Å². The molecular formula is C22H32N6O5. The number of imide groups is 1. The van der Waals surface area contributed by atoms with Gasteiger partial charge in [0.25, 0.3) is 0 Å². The van der Waals surface area contributed by atoms with Gasteiger partial charge in [-0.15, -0.1) is 0 Å². The summed E-state index contributed by atoms with van der Waals surface area (Å²) in [5, 5.41) is 5.08. The van der Waals surface area contributed by atoms with E-state index in [1.165, 1.54) is 11.1 Å². The van der Waals surface area contributed by atoms with Crippen molar-refractivity contribution in [3.05, 3.63) is 18.3 Å². The second-order valence-electron chi connectivity index (χ2n) is 8.45. The molecule has 3 heterocycles. The zero-order valence-corrected chi connectivity index (χ0v) is 19.4. The van der Waals surface area contributed by atoms with Crippen LogP contribution in [0.25, 0.3) is 0 Å². The molecule has 180 valence electrons. The Bertz CT molecular complexity index is 865. The van der Waals surface area contributed by atoms with Gasteiger partial charge in [-0.3, -0.25) is 24.7 Å². The summed E-state index contributed by atoms with van der Waals surface area (Å²) in [6.07, 6.45) is 3.21. The van der Waals surface area contributed by atoms with Gasteiger partial charge in [-0.25, -0.2) is 14.6 Å². The number of urea groups is 1. The fourth-order valence-corrected chi connectivity index (χ4v) is 3.98. The van der Waals surface area contributed by atoms with Crippen LogP contribution in [0, 0.1) is 0 Å². The number of nitrogens with zero attached hydrogens (tertiary/aromatic N) is 4. The lowest BCUT2D eigenvalue weighted by atomic mass is 10.1. The fraction of sp³-hybridized carbons (Fsp3) is 0.591. The van der Waals surface area contributed by atoms with Gasteiger partial charge in [0.2, 0.25) is 11.8 Å². The molecule has 2 aliphatic heterocycles. The Morgan fingerprint density at radius 3 is 2.55 bits per heavy atom. The average molecular weight is 461 g/mol. The Kier molecular flexibility index (Phi) is 8.21. The number of carbonyl (C=O) groups is 4. The molecule has 0 spiro atoms. The van der Waals surface area contributed by atoms with Crippen molar-refractivity contribution in [1.82, 2.24) is 20.1 Å². The van der Waals surface area contributed by atoms with E-state index in [4.69, 9.17) is 4.74 Å². The molecule has 0 bridgehead atoms. The Labute approximate surface area is 193 Å². The molecule has 2 atom stereocenters. The van der Waals surface area contributed by atoms with Crippen LogP contribution in [0.1, 0.15) is 40.0 Å². The van der Waals surface area contributed by atoms with Gasteiger partial charge in [-0.1, -0.05) is 13.3 Å². The number of piperazine rings is 1. The Balaban J connectivity index is 1.50. The van der Waals surface area contributed by atoms with Crippen molar-refractivity contribution >= 4 is 35.4 Å². The first-order valence-electron chi connectivity index (χ1n) is 11.3. The SMILES string of the molecule is CCCCOC(=O)N1CC(C)N(CC(=O)Nc2ccc(N3CCC(=O)NC3=O)nc2)C(C)C1. The highest BCUT2D eigenvalue weighted by Gasteiger charge is 2.33. The third kappa shape index (κ3) is 6.41. The van der Waals surface area contributed by atoms with Gasteiger partial charge >= 0.3 is 12.1 Å². The number of aromatic nitrogens is 1. The zero-order chi connectivity index (χ0) is 24.0. The molecule has 1 aromatic rings. The molecule has 2 unspecified atom stereocenters. The summed E-state index contributed by atoms with van der Waals surface area (Å²) >= 11 is 0. The van der Waals surface area contributed by atoms with E-state index in [1.807, 2.05) is 20.8 Å². The first-order chi connectivity index (χ1) is 15.8. The number of pyridine rings is 1. The first-order valence-corrected chi connectivity index (χ1v) is 11.3. The minimum absolute atomic E-state index is 0.000879. The summed E-state index contributed by atoms with van der Waals surface area (Å²) in [7, 11) is 0. The van der Waals surface area contributed by atoms with E-state index in [9.17, 15) is 19.2 Å². The predicted octanol–water partition coefficient (Wildman–Crippen LogP) is 1.80. The van der Waals surface area contributed by atoms with Crippen molar-refractivity contribution in [1.29, 1.82) is 0 Å². The number of ether oxygens (including phenoxy) is 1. The number of rotatable bonds is 7. The minimum Gasteiger partial charge on any atom is -0.449 e. The van der Waals surface area contributed by atoms with E-state index < -0.39 is 6.03 Å². The molecular weight excluding hydrogens is 428 g/mol. The smallest absolute Gasteiger partial charge is 0.409 e. The van der Waals surface area contributed by atoms with Gasteiger partial charge in [0.1, 0.15) is 5.82 Å². The summed E-state index contributed by atoms with van der Waals surface area (Å²) in [4.78, 5) is 57.5. The maximum atomic E-state index is 12.6. The molecule has 5 amide bonds. The van der Waals surface area contributed by atoms with Crippen molar-refractivity contribution in [2.24, 2.45) is 0 Å². The lowest BCUT2D eigenvalue weighted by Gasteiger charge is -2.43. The maximum Gasteiger partial charge on any atom is 0.409 e. The molecule has 2 fully saturated rings. The van der Waals surface area contributed by atoms with Crippen LogP contribution in [0.15, 0.2) is 18.3 Å². The Morgan fingerprint density at radius 1 is 1.21 bits per heavy atom. The van der Waals surface area contributed by atoms with Crippen molar-refractivity contribution < 1.29 is 23.9 Å². The van der Waals surface area contributed by atoms with Crippen LogP contribution >= 0.6 is 0 Å². The second-order valence-corrected chi connectivity index (χ2v) is 8.45. The normalized spacial score (nSPS) is 21.5. The molecule has 0 radical (unpaired) electrons. The van der Waals surface area contributed by atoms with Gasteiger partial charge in [0, 0.05) is 38.1 Å². The molecule has 11 heteroatoms. The summed E-state index contributed by atoms with van der Waals surface area (Å²) < 4.78 is 5.32. The Morgan fingerprint density at radius 2 is 1.94 bits per heavy atom. The highest BCUT2D eigenvalue weighted by atomic mass is 16.6. The summed E-state index contributed by atoms with van der Waals surface area (Å²) in [5.74, 6) is -0.0940. The van der Waals surface area contributed by atoms with E-state index in [2.05, 4.69) is 20.5 Å². The van der Waals surface area contributed by atoms with Gasteiger partial charge in [0.05, 0.1) is 25.0 Å². The number of hydrogen-bond donors (Lipinski definition) is 2. The van der Waals surface area contributed by atoms with Crippen molar-refractivity contribution in [2.75, 3.05) is 43.0 Å². The monoisotopic (exact) mass is 460 g/mol. The van der Waals surface area contributed by atoms with Crippen LogP contribution in [0.5, 0.6) is 0 Å². The fourth-order valence-electron chi connectivity index (χ4n) is 3.98. The van der Waals surface area contributed by atoms with Crippen LogP contribution < -0.4 is 15.5 Å². The summed E-state index contributed by atoms with van der Waals surface area (Å²) in [6.45, 7) is 7.88. The highest BCUT2D eigenvalue weighted by molar-refractivity contribution is 6.05. The molecule has 11 nitrogen and oxygen atoms in total. The number of hydrogen-bond acceptors (Lipinski definition) is 7. The molecule has 0 saturated carbocycles. The minimum atomic E-state index is -0.508. The number of carbonyl (C=O) groups excluding carboxylic acids is 4. The second kappa shape index (κ2) is 11.1. The van der Waals surface area contributed by atoms with Gasteiger partial charge < -0.3 is 15.0 Å². The van der Waals surface area contributed by atoms with E-state index in [0.717, 1.165) is 12.8 Å². The van der Waals surface area contributed by atoms with E-state index in [-0.39, 0.29) is 49.5 Å². The van der Waals surface area contributed by atoms with E-state index >= 15 is 0 Å². The lowest BCUT2D eigenvalue weighted by Crippen LogP contribution is -2.59. The number of nitrogens with one attached hydrogen (secondary N) is 2. The Hall–Kier alpha value is -3.21. The standard InChI is InChI=1S/C22H32N6O5/c1-4-5-10-33-22(32)26-12-15(2)28(16(3)13-26)14-20(30)24-17-6-7-18(23-11-17)27-9-8-19(29)25-21(27)31/h6-7,11,15-16H,4-5,8-10,12-14H2,1-3H3,(H,24,30)(H,25,29,31). The maximum absolute atomic E-state index is 12.6. The predicted molar refractivity (Wildman–Crippen MR) is 122 cm³/mol. The molecule has 3 rings (SSSR count). The van der Waals surface area contributed by atoms with Gasteiger partial charge in [-0.05, 0) is 32.4 Å². The average Bonchev–Trinajstić information content (AvgIpc) is 2.77. The molecule has 2 aliphatic rings. The van der Waals surface area contributed by atoms with E-state index in [1.54, 1.807) is 17.0 Å². The van der Waals surface area contributed by atoms with Crippen LogP contribution in [0.3, 0.4) is 0 Å². The first kappa shape index (κ1) is 24.4.